The molecule has 0 aromatic heterocycles. The summed E-state index contributed by atoms with van der Waals surface area (Å²) in [5.41, 5.74) is 4.58. The standard InChI is InChI=1S/C13H8Cl3N3O/c14-8-3-1-7(2-4-8)13-18-17-11-5-9(15)10(16)6-12(11)19(13)20/h1-6,17,20H. The van der Waals surface area contributed by atoms with Gasteiger partial charge in [0.05, 0.1) is 21.4 Å². The lowest BCUT2D eigenvalue weighted by Crippen LogP contribution is -2.32. The van der Waals surface area contributed by atoms with Crippen molar-refractivity contribution in [3.05, 3.63) is 57.0 Å². The number of nitrogens with one attached hydrogen (secondary N) is 1. The molecule has 0 unspecified atom stereocenters. The molecule has 0 saturated heterocycles. The van der Waals surface area contributed by atoms with E-state index in [1.165, 1.54) is 0 Å². The third kappa shape index (κ3) is 2.31. The monoisotopic (exact) mass is 327 g/mol. The van der Waals surface area contributed by atoms with Gasteiger partial charge in [0, 0.05) is 10.6 Å². The molecule has 1 heterocycles. The van der Waals surface area contributed by atoms with Crippen molar-refractivity contribution < 1.29 is 5.21 Å². The van der Waals surface area contributed by atoms with Crippen LogP contribution >= 0.6 is 34.8 Å². The molecular formula is C13H8Cl3N3O. The molecule has 0 aliphatic carbocycles. The van der Waals surface area contributed by atoms with Gasteiger partial charge in [-0.3, -0.25) is 10.6 Å². The average molecular weight is 329 g/mol. The summed E-state index contributed by atoms with van der Waals surface area (Å²) in [6.07, 6.45) is 0. The molecule has 0 radical (unpaired) electrons. The molecule has 0 fully saturated rings. The van der Waals surface area contributed by atoms with Crippen molar-refractivity contribution in [3.8, 4) is 0 Å². The second kappa shape index (κ2) is 5.14. The Morgan fingerprint density at radius 3 is 2.35 bits per heavy atom. The van der Waals surface area contributed by atoms with Crippen LogP contribution in [-0.2, 0) is 0 Å². The van der Waals surface area contributed by atoms with E-state index >= 15 is 0 Å². The summed E-state index contributed by atoms with van der Waals surface area (Å²) in [4.78, 5) is 0. The largest absolute Gasteiger partial charge is 0.282 e. The number of amidine groups is 1. The molecule has 1 aliphatic rings. The molecule has 20 heavy (non-hydrogen) atoms. The summed E-state index contributed by atoms with van der Waals surface area (Å²) < 4.78 is 0. The van der Waals surface area contributed by atoms with Crippen LogP contribution in [-0.4, -0.2) is 11.0 Å². The molecule has 2 N–H and O–H groups in total. The molecule has 1 aliphatic heterocycles. The highest BCUT2D eigenvalue weighted by Gasteiger charge is 2.22. The Labute approximate surface area is 130 Å². The Hall–Kier alpha value is -1.46. The summed E-state index contributed by atoms with van der Waals surface area (Å²) in [6, 6.07) is 10.1. The van der Waals surface area contributed by atoms with Crippen molar-refractivity contribution in [1.82, 2.24) is 0 Å². The van der Waals surface area contributed by atoms with Crippen molar-refractivity contribution in [2.75, 3.05) is 10.5 Å². The van der Waals surface area contributed by atoms with Gasteiger partial charge in [-0.05, 0) is 36.4 Å². The first kappa shape index (κ1) is 13.5. The first-order chi connectivity index (χ1) is 9.56. The molecule has 0 amide bonds. The zero-order valence-corrected chi connectivity index (χ0v) is 12.2. The second-order valence-corrected chi connectivity index (χ2v) is 5.40. The number of benzene rings is 2. The Morgan fingerprint density at radius 2 is 1.65 bits per heavy atom. The number of halogens is 3. The first-order valence-electron chi connectivity index (χ1n) is 5.64. The van der Waals surface area contributed by atoms with E-state index in [0.29, 0.717) is 37.8 Å². The maximum Gasteiger partial charge on any atom is 0.184 e. The number of hydroxylamine groups is 1. The van der Waals surface area contributed by atoms with Gasteiger partial charge in [-0.15, -0.1) is 0 Å². The van der Waals surface area contributed by atoms with Crippen LogP contribution in [0.1, 0.15) is 5.56 Å². The first-order valence-corrected chi connectivity index (χ1v) is 6.77. The van der Waals surface area contributed by atoms with Gasteiger partial charge >= 0.3 is 0 Å². The highest BCUT2D eigenvalue weighted by atomic mass is 35.5. The molecule has 0 spiro atoms. The molecule has 3 rings (SSSR count). The molecule has 102 valence electrons. The van der Waals surface area contributed by atoms with Crippen LogP contribution in [0.15, 0.2) is 41.5 Å². The number of hydrogen-bond acceptors (Lipinski definition) is 4. The van der Waals surface area contributed by atoms with Crippen LogP contribution in [0.2, 0.25) is 15.1 Å². The van der Waals surface area contributed by atoms with Crippen LogP contribution in [0.4, 0.5) is 11.4 Å². The maximum absolute atomic E-state index is 10.3. The second-order valence-electron chi connectivity index (χ2n) is 4.15. The van der Waals surface area contributed by atoms with Crippen molar-refractivity contribution in [3.63, 3.8) is 0 Å². The van der Waals surface area contributed by atoms with Gasteiger partial charge in [0.2, 0.25) is 0 Å². The lowest BCUT2D eigenvalue weighted by molar-refractivity contribution is 0.312. The lowest BCUT2D eigenvalue weighted by Gasteiger charge is -2.26. The van der Waals surface area contributed by atoms with Crippen LogP contribution in [0.3, 0.4) is 0 Å². The number of nitrogens with zero attached hydrogens (tertiary/aromatic N) is 2. The van der Waals surface area contributed by atoms with Crippen molar-refractivity contribution in [2.45, 2.75) is 0 Å². The third-order valence-electron chi connectivity index (χ3n) is 2.85. The molecule has 2 aromatic rings. The zero-order valence-electron chi connectivity index (χ0n) is 9.94. The normalized spacial score (nSPS) is 13.6. The molecule has 0 atom stereocenters. The maximum atomic E-state index is 10.3. The highest BCUT2D eigenvalue weighted by Crippen LogP contribution is 2.37. The Bertz CT molecular complexity index is 701. The van der Waals surface area contributed by atoms with Gasteiger partial charge in [0.1, 0.15) is 0 Å². The predicted molar refractivity (Wildman–Crippen MR) is 82.3 cm³/mol. The topological polar surface area (TPSA) is 47.9 Å². The predicted octanol–water partition coefficient (Wildman–Crippen LogP) is 4.63. The van der Waals surface area contributed by atoms with E-state index < -0.39 is 0 Å². The zero-order chi connectivity index (χ0) is 14.3. The van der Waals surface area contributed by atoms with Gasteiger partial charge in [-0.2, -0.15) is 5.10 Å². The number of hydrazone groups is 1. The summed E-state index contributed by atoms with van der Waals surface area (Å²) >= 11 is 17.7. The molecule has 4 nitrogen and oxygen atoms in total. The van der Waals surface area contributed by atoms with Crippen molar-refractivity contribution >= 4 is 52.0 Å². The van der Waals surface area contributed by atoms with Gasteiger partial charge in [0.25, 0.3) is 0 Å². The fraction of sp³-hybridized carbons (Fsp3) is 0. The van der Waals surface area contributed by atoms with E-state index in [-0.39, 0.29) is 0 Å². The minimum absolute atomic E-state index is 0.340. The summed E-state index contributed by atoms with van der Waals surface area (Å²) in [6.45, 7) is 0. The fourth-order valence-electron chi connectivity index (χ4n) is 1.86. The van der Waals surface area contributed by atoms with Gasteiger partial charge < -0.3 is 0 Å². The SMILES string of the molecule is ON1C(c2ccc(Cl)cc2)=NNc2cc(Cl)c(Cl)cc21. The van der Waals surface area contributed by atoms with Crippen molar-refractivity contribution in [1.29, 1.82) is 0 Å². The van der Waals surface area contributed by atoms with E-state index in [2.05, 4.69) is 10.5 Å². The molecule has 7 heteroatoms. The van der Waals surface area contributed by atoms with E-state index in [1.54, 1.807) is 36.4 Å². The molecule has 0 saturated carbocycles. The van der Waals surface area contributed by atoms with Crippen LogP contribution in [0, 0.1) is 0 Å². The molecular weight excluding hydrogens is 321 g/mol. The highest BCUT2D eigenvalue weighted by molar-refractivity contribution is 6.42. The quantitative estimate of drug-likeness (QED) is 0.802. The summed E-state index contributed by atoms with van der Waals surface area (Å²) in [7, 11) is 0. The lowest BCUT2D eigenvalue weighted by atomic mass is 10.1. The van der Waals surface area contributed by atoms with E-state index in [4.69, 9.17) is 34.8 Å². The smallest absolute Gasteiger partial charge is 0.184 e. The molecule has 2 aromatic carbocycles. The average Bonchev–Trinajstić information content (AvgIpc) is 2.43. The minimum Gasteiger partial charge on any atom is -0.282 e. The van der Waals surface area contributed by atoms with Crippen LogP contribution < -0.4 is 10.5 Å². The van der Waals surface area contributed by atoms with E-state index in [1.807, 2.05) is 0 Å². The number of anilines is 2. The van der Waals surface area contributed by atoms with E-state index in [9.17, 15) is 5.21 Å². The number of fused-ring (bicyclic) bond motifs is 1. The van der Waals surface area contributed by atoms with Crippen LogP contribution in [0.5, 0.6) is 0 Å². The number of rotatable bonds is 1. The summed E-state index contributed by atoms with van der Waals surface area (Å²) in [5, 5.41) is 16.7. The Balaban J connectivity index is 2.03. The number of hydrogen-bond donors (Lipinski definition) is 2. The van der Waals surface area contributed by atoms with Gasteiger partial charge in [-0.25, -0.2) is 5.06 Å². The van der Waals surface area contributed by atoms with Gasteiger partial charge in [-0.1, -0.05) is 34.8 Å². The Kier molecular flexibility index (Phi) is 3.48. The van der Waals surface area contributed by atoms with Crippen molar-refractivity contribution in [2.24, 2.45) is 5.10 Å². The van der Waals surface area contributed by atoms with Crippen LogP contribution in [0.25, 0.3) is 0 Å². The fourth-order valence-corrected chi connectivity index (χ4v) is 2.31. The van der Waals surface area contributed by atoms with E-state index in [0.717, 1.165) is 5.06 Å². The summed E-state index contributed by atoms with van der Waals surface area (Å²) in [5.74, 6) is 0.340. The Morgan fingerprint density at radius 1 is 1.00 bits per heavy atom. The third-order valence-corrected chi connectivity index (χ3v) is 3.83. The molecule has 0 bridgehead atoms. The minimum atomic E-state index is 0.340. The van der Waals surface area contributed by atoms with Gasteiger partial charge in [0.15, 0.2) is 5.84 Å².